The van der Waals surface area contributed by atoms with Crippen LogP contribution in [0.4, 0.5) is 10.2 Å². The van der Waals surface area contributed by atoms with Gasteiger partial charge >= 0.3 is 0 Å². The molecule has 1 aromatic heterocycles. The van der Waals surface area contributed by atoms with Gasteiger partial charge in [0.1, 0.15) is 12.4 Å². The van der Waals surface area contributed by atoms with Crippen molar-refractivity contribution < 1.29 is 14.0 Å². The molecular weight excluding hydrogens is 505 g/mol. The Kier molecular flexibility index (Phi) is 9.29. The van der Waals surface area contributed by atoms with Crippen LogP contribution in [-0.4, -0.2) is 71.1 Å². The predicted molar refractivity (Wildman–Crippen MR) is 148 cm³/mol. The first-order valence-corrected chi connectivity index (χ1v) is 13.4. The van der Waals surface area contributed by atoms with Crippen molar-refractivity contribution in [2.45, 2.75) is 26.7 Å². The van der Waals surface area contributed by atoms with Crippen LogP contribution in [-0.2, 0) is 4.79 Å². The second kappa shape index (κ2) is 12.8. The molecule has 2 amide bonds. The Bertz CT molecular complexity index is 1250. The van der Waals surface area contributed by atoms with E-state index in [1.54, 1.807) is 15.9 Å². The second-order valence-corrected chi connectivity index (χ2v) is 10.3. The summed E-state index contributed by atoms with van der Waals surface area (Å²) < 4.78 is 13.7. The molecule has 1 aliphatic rings. The van der Waals surface area contributed by atoms with Gasteiger partial charge in [-0.25, -0.2) is 4.39 Å². The van der Waals surface area contributed by atoms with Crippen molar-refractivity contribution in [1.82, 2.24) is 20.0 Å². The third kappa shape index (κ3) is 7.07. The number of rotatable bonds is 8. The summed E-state index contributed by atoms with van der Waals surface area (Å²) >= 11 is 6.29. The molecule has 9 heteroatoms. The topological polar surface area (TPSA) is 69.6 Å². The molecule has 0 aliphatic carbocycles. The Labute approximate surface area is 228 Å². The molecule has 2 aromatic carbocycles. The van der Waals surface area contributed by atoms with E-state index in [-0.39, 0.29) is 23.9 Å². The summed E-state index contributed by atoms with van der Waals surface area (Å²) in [5.41, 5.74) is 1.79. The first-order valence-electron chi connectivity index (χ1n) is 13.0. The largest absolute Gasteiger partial charge is 0.353 e. The van der Waals surface area contributed by atoms with Crippen LogP contribution in [0.5, 0.6) is 0 Å². The maximum Gasteiger partial charge on any atom is 0.254 e. The van der Waals surface area contributed by atoms with Gasteiger partial charge in [0.15, 0.2) is 5.82 Å². The van der Waals surface area contributed by atoms with E-state index in [2.05, 4.69) is 28.9 Å². The Morgan fingerprint density at radius 1 is 1.00 bits per heavy atom. The molecule has 2 heterocycles. The van der Waals surface area contributed by atoms with Crippen LogP contribution in [0.2, 0.25) is 5.02 Å². The Balaban J connectivity index is 1.39. The van der Waals surface area contributed by atoms with Gasteiger partial charge in [0.05, 0.1) is 10.7 Å². The number of halogens is 2. The number of carbonyl (C=O) groups is 2. The summed E-state index contributed by atoms with van der Waals surface area (Å²) in [7, 11) is 0. The van der Waals surface area contributed by atoms with E-state index in [0.29, 0.717) is 42.8 Å². The van der Waals surface area contributed by atoms with Crippen molar-refractivity contribution in [2.75, 3.05) is 44.2 Å². The Morgan fingerprint density at radius 2 is 1.82 bits per heavy atom. The van der Waals surface area contributed by atoms with Crippen LogP contribution in [0.15, 0.2) is 60.7 Å². The van der Waals surface area contributed by atoms with Crippen LogP contribution >= 0.6 is 11.6 Å². The van der Waals surface area contributed by atoms with Gasteiger partial charge in [-0.3, -0.25) is 9.59 Å². The highest BCUT2D eigenvalue weighted by Gasteiger charge is 2.25. The maximum absolute atomic E-state index is 13.7. The number of anilines is 1. The summed E-state index contributed by atoms with van der Waals surface area (Å²) in [5.74, 6) is 0.200. The molecule has 38 heavy (non-hydrogen) atoms. The summed E-state index contributed by atoms with van der Waals surface area (Å²) in [6.07, 6.45) is 1.52. The van der Waals surface area contributed by atoms with Crippen LogP contribution in [0.1, 0.15) is 37.0 Å². The number of hydrogen-bond acceptors (Lipinski definition) is 5. The molecule has 1 fully saturated rings. The fourth-order valence-corrected chi connectivity index (χ4v) is 4.67. The normalized spacial score (nSPS) is 13.9. The summed E-state index contributed by atoms with van der Waals surface area (Å²) in [6.45, 7) is 6.99. The fraction of sp³-hybridized carbons (Fsp3) is 0.379. The molecule has 0 saturated carbocycles. The molecule has 3 aromatic rings. The van der Waals surface area contributed by atoms with E-state index in [0.717, 1.165) is 30.8 Å². The van der Waals surface area contributed by atoms with Crippen LogP contribution < -0.4 is 4.90 Å². The first kappa shape index (κ1) is 27.5. The predicted octanol–water partition coefficient (Wildman–Crippen LogP) is 5.16. The minimum absolute atomic E-state index is 0.0333. The average Bonchev–Trinajstić information content (AvgIpc) is 3.17. The number of aromatic nitrogens is 2. The van der Waals surface area contributed by atoms with Gasteiger partial charge in [-0.2, -0.15) is 0 Å². The van der Waals surface area contributed by atoms with Crippen molar-refractivity contribution in [1.29, 1.82) is 0 Å². The highest BCUT2D eigenvalue weighted by Crippen LogP contribution is 2.26. The van der Waals surface area contributed by atoms with Crippen LogP contribution in [0, 0.1) is 11.7 Å². The molecular formula is C29H33ClFN5O2. The van der Waals surface area contributed by atoms with Crippen molar-refractivity contribution in [3.8, 4) is 11.3 Å². The van der Waals surface area contributed by atoms with Gasteiger partial charge < -0.3 is 14.7 Å². The zero-order chi connectivity index (χ0) is 27.1. The van der Waals surface area contributed by atoms with Crippen LogP contribution in [0.3, 0.4) is 0 Å². The van der Waals surface area contributed by atoms with Crippen molar-refractivity contribution in [3.63, 3.8) is 0 Å². The van der Waals surface area contributed by atoms with Gasteiger partial charge in [0.25, 0.3) is 5.91 Å². The summed E-state index contributed by atoms with van der Waals surface area (Å²) in [4.78, 5) is 31.9. The van der Waals surface area contributed by atoms with Crippen molar-refractivity contribution in [2.24, 2.45) is 5.92 Å². The Morgan fingerprint density at radius 3 is 2.53 bits per heavy atom. The van der Waals surface area contributed by atoms with Gasteiger partial charge in [-0.15, -0.1) is 10.2 Å². The Hall–Kier alpha value is -3.52. The van der Waals surface area contributed by atoms with E-state index >= 15 is 0 Å². The molecule has 200 valence electrons. The monoisotopic (exact) mass is 537 g/mol. The molecule has 0 atom stereocenters. The molecule has 7 nitrogen and oxygen atoms in total. The summed E-state index contributed by atoms with van der Waals surface area (Å²) in [6, 6.07) is 17.0. The smallest absolute Gasteiger partial charge is 0.254 e. The lowest BCUT2D eigenvalue weighted by Gasteiger charge is -2.27. The molecule has 4 rings (SSSR count). The third-order valence-electron chi connectivity index (χ3n) is 6.63. The van der Waals surface area contributed by atoms with E-state index < -0.39 is 5.82 Å². The zero-order valence-electron chi connectivity index (χ0n) is 21.8. The van der Waals surface area contributed by atoms with Gasteiger partial charge in [0.2, 0.25) is 5.91 Å². The molecule has 0 unspecified atom stereocenters. The molecule has 1 aliphatic heterocycles. The van der Waals surface area contributed by atoms with E-state index in [9.17, 15) is 14.0 Å². The summed E-state index contributed by atoms with van der Waals surface area (Å²) in [5, 5.41) is 9.41. The molecule has 0 radical (unpaired) electrons. The molecule has 0 N–H and O–H groups in total. The van der Waals surface area contributed by atoms with E-state index in [4.69, 9.17) is 11.6 Å². The minimum atomic E-state index is -0.471. The highest BCUT2D eigenvalue weighted by molar-refractivity contribution is 6.33. The SMILES string of the molecule is CC(C)CCN(CC(=O)N1CCCN(c2ccc(-c3ccccc3Cl)nn2)CC1)C(=O)c1cccc(F)c1. The van der Waals surface area contributed by atoms with Crippen molar-refractivity contribution in [3.05, 3.63) is 77.1 Å². The minimum Gasteiger partial charge on any atom is -0.353 e. The second-order valence-electron chi connectivity index (χ2n) is 9.90. The molecule has 1 saturated heterocycles. The zero-order valence-corrected chi connectivity index (χ0v) is 22.6. The van der Waals surface area contributed by atoms with Crippen molar-refractivity contribution >= 4 is 29.2 Å². The highest BCUT2D eigenvalue weighted by atomic mass is 35.5. The molecule has 0 bridgehead atoms. The lowest BCUT2D eigenvalue weighted by Crippen LogP contribution is -2.44. The lowest BCUT2D eigenvalue weighted by atomic mass is 10.1. The average molecular weight is 538 g/mol. The number of amides is 2. The van der Waals surface area contributed by atoms with Gasteiger partial charge in [0, 0.05) is 43.9 Å². The van der Waals surface area contributed by atoms with E-state index in [1.165, 1.54) is 18.2 Å². The van der Waals surface area contributed by atoms with E-state index in [1.807, 2.05) is 36.4 Å². The first-order chi connectivity index (χ1) is 18.3. The number of hydrogen-bond donors (Lipinski definition) is 0. The maximum atomic E-state index is 13.7. The third-order valence-corrected chi connectivity index (χ3v) is 6.96. The lowest BCUT2D eigenvalue weighted by molar-refractivity contribution is -0.131. The number of benzene rings is 2. The molecule has 0 spiro atoms. The van der Waals surface area contributed by atoms with Crippen LogP contribution in [0.25, 0.3) is 11.3 Å². The number of nitrogens with zero attached hydrogens (tertiary/aromatic N) is 5. The fourth-order valence-electron chi connectivity index (χ4n) is 4.44. The number of carbonyl (C=O) groups excluding carboxylic acids is 2. The quantitative estimate of drug-likeness (QED) is 0.397. The van der Waals surface area contributed by atoms with Gasteiger partial charge in [-0.1, -0.05) is 49.7 Å². The standard InChI is InChI=1S/C29H33ClFN5O2/c1-21(2)13-16-36(29(38)22-7-5-8-23(31)19-22)20-28(37)35-15-6-14-34(17-18-35)27-12-11-26(32-33-27)24-9-3-4-10-25(24)30/h3-5,7-12,19,21H,6,13-18,20H2,1-2H3. The van der Waals surface area contributed by atoms with Gasteiger partial charge in [-0.05, 0) is 55.2 Å².